The predicted molar refractivity (Wildman–Crippen MR) is 109 cm³/mol. The second-order valence-electron chi connectivity index (χ2n) is 7.87. The van der Waals surface area contributed by atoms with E-state index in [2.05, 4.69) is 27.4 Å². The third-order valence-corrected chi connectivity index (χ3v) is 7.25. The van der Waals surface area contributed by atoms with Crippen molar-refractivity contribution in [2.24, 2.45) is 17.8 Å². The van der Waals surface area contributed by atoms with Gasteiger partial charge in [-0.25, -0.2) is 4.98 Å². The minimum atomic E-state index is -0.236. The zero-order valence-electron chi connectivity index (χ0n) is 15.6. The highest BCUT2D eigenvalue weighted by Crippen LogP contribution is 2.49. The molecule has 2 saturated carbocycles. The number of nitrogens with one attached hydrogen (secondary N) is 2. The smallest absolute Gasteiger partial charge is 0.233 e. The van der Waals surface area contributed by atoms with Crippen LogP contribution in [0.25, 0.3) is 11.4 Å². The van der Waals surface area contributed by atoms with E-state index in [4.69, 9.17) is 11.6 Å². The topological polar surface area (TPSA) is 70.7 Å². The average Bonchev–Trinajstić information content (AvgIpc) is 3.39. The Morgan fingerprint density at radius 3 is 2.70 bits per heavy atom. The molecule has 0 saturated heterocycles. The van der Waals surface area contributed by atoms with Gasteiger partial charge in [0, 0.05) is 16.6 Å². The summed E-state index contributed by atoms with van der Waals surface area (Å²) in [6.45, 7) is 4.07. The molecule has 1 aromatic carbocycles. The lowest BCUT2D eigenvalue weighted by atomic mass is 9.84. The fourth-order valence-electron chi connectivity index (χ4n) is 4.60. The van der Waals surface area contributed by atoms with Gasteiger partial charge in [0.25, 0.3) is 0 Å². The molecule has 4 rings (SSSR count). The highest BCUT2D eigenvalue weighted by Gasteiger charge is 2.42. The molecule has 5 unspecified atom stereocenters. The molecule has 2 aromatic rings. The molecule has 2 aliphatic rings. The second kappa shape index (κ2) is 7.84. The van der Waals surface area contributed by atoms with Gasteiger partial charge in [-0.3, -0.25) is 9.89 Å². The molecule has 1 heterocycles. The third kappa shape index (κ3) is 4.16. The van der Waals surface area contributed by atoms with Crippen molar-refractivity contribution in [2.45, 2.75) is 56.0 Å². The van der Waals surface area contributed by atoms with Crippen molar-refractivity contribution >= 4 is 29.3 Å². The van der Waals surface area contributed by atoms with E-state index in [0.29, 0.717) is 21.9 Å². The van der Waals surface area contributed by atoms with Crippen molar-refractivity contribution in [3.05, 3.63) is 29.3 Å². The minimum absolute atomic E-state index is 0.0631. The first-order valence-corrected chi connectivity index (χ1v) is 10.9. The number of amides is 1. The zero-order chi connectivity index (χ0) is 19.0. The van der Waals surface area contributed by atoms with Crippen molar-refractivity contribution in [3.8, 4) is 11.4 Å². The Balaban J connectivity index is 1.32. The van der Waals surface area contributed by atoms with E-state index < -0.39 is 0 Å². The number of hydrogen-bond donors (Lipinski definition) is 2. The van der Waals surface area contributed by atoms with Crippen LogP contribution >= 0.6 is 23.4 Å². The van der Waals surface area contributed by atoms with Crippen LogP contribution in [0.3, 0.4) is 0 Å². The van der Waals surface area contributed by atoms with Gasteiger partial charge in [-0.1, -0.05) is 29.8 Å². The van der Waals surface area contributed by atoms with Crippen LogP contribution in [0.1, 0.15) is 39.5 Å². The molecule has 2 aliphatic carbocycles. The molecule has 0 spiro atoms. The summed E-state index contributed by atoms with van der Waals surface area (Å²) >= 11 is 7.30. The molecular formula is C20H25ClN4OS. The molecular weight excluding hydrogens is 380 g/mol. The van der Waals surface area contributed by atoms with E-state index in [1.54, 1.807) is 0 Å². The second-order valence-corrected chi connectivity index (χ2v) is 9.61. The number of thioether (sulfide) groups is 1. The Kier molecular flexibility index (Phi) is 5.46. The summed E-state index contributed by atoms with van der Waals surface area (Å²) in [6, 6.07) is 7.67. The standard InChI is InChI=1S/C20H25ClN4OS/c1-11(17-10-13-3-4-15(17)9-13)22-19(26)12(2)27-20-23-18(24-25-20)14-5-7-16(21)8-6-14/h5-8,11-13,15,17H,3-4,9-10H2,1-2H3,(H,22,26)(H,23,24,25). The van der Waals surface area contributed by atoms with Gasteiger partial charge < -0.3 is 5.32 Å². The van der Waals surface area contributed by atoms with Crippen molar-refractivity contribution < 1.29 is 4.79 Å². The summed E-state index contributed by atoms with van der Waals surface area (Å²) in [7, 11) is 0. The molecule has 27 heavy (non-hydrogen) atoms. The molecule has 0 radical (unpaired) electrons. The maximum atomic E-state index is 12.6. The summed E-state index contributed by atoms with van der Waals surface area (Å²) in [5.74, 6) is 3.09. The highest BCUT2D eigenvalue weighted by atomic mass is 35.5. The molecule has 2 bridgehead atoms. The van der Waals surface area contributed by atoms with Crippen LogP contribution in [0.15, 0.2) is 29.4 Å². The number of rotatable bonds is 6. The number of H-pyrrole nitrogens is 1. The number of nitrogens with zero attached hydrogens (tertiary/aromatic N) is 2. The van der Waals surface area contributed by atoms with Crippen LogP contribution in [0, 0.1) is 17.8 Å². The molecule has 1 aromatic heterocycles. The lowest BCUT2D eigenvalue weighted by Gasteiger charge is -2.29. The van der Waals surface area contributed by atoms with Crippen LogP contribution in [-0.2, 0) is 4.79 Å². The van der Waals surface area contributed by atoms with Gasteiger partial charge in [0.1, 0.15) is 0 Å². The molecule has 1 amide bonds. The summed E-state index contributed by atoms with van der Waals surface area (Å²) in [5, 5.41) is 11.4. The molecule has 5 atom stereocenters. The van der Waals surface area contributed by atoms with Crippen molar-refractivity contribution in [3.63, 3.8) is 0 Å². The number of fused-ring (bicyclic) bond motifs is 2. The van der Waals surface area contributed by atoms with Gasteiger partial charge in [0.05, 0.1) is 5.25 Å². The first-order valence-electron chi connectivity index (χ1n) is 9.65. The van der Waals surface area contributed by atoms with Crippen LogP contribution in [0.4, 0.5) is 0 Å². The molecule has 144 valence electrons. The van der Waals surface area contributed by atoms with E-state index in [0.717, 1.165) is 17.4 Å². The lowest BCUT2D eigenvalue weighted by molar-refractivity contribution is -0.121. The fourth-order valence-corrected chi connectivity index (χ4v) is 5.46. The van der Waals surface area contributed by atoms with Crippen molar-refractivity contribution in [1.82, 2.24) is 20.5 Å². The lowest BCUT2D eigenvalue weighted by Crippen LogP contribution is -2.43. The van der Waals surface area contributed by atoms with Crippen LogP contribution < -0.4 is 5.32 Å². The van der Waals surface area contributed by atoms with E-state index in [9.17, 15) is 4.79 Å². The number of aromatic nitrogens is 3. The number of carbonyl (C=O) groups excluding carboxylic acids is 1. The Labute approximate surface area is 169 Å². The van der Waals surface area contributed by atoms with E-state index in [1.807, 2.05) is 31.2 Å². The van der Waals surface area contributed by atoms with Gasteiger partial charge >= 0.3 is 0 Å². The van der Waals surface area contributed by atoms with Crippen LogP contribution in [0.5, 0.6) is 0 Å². The Hall–Kier alpha value is -1.53. The highest BCUT2D eigenvalue weighted by molar-refractivity contribution is 8.00. The van der Waals surface area contributed by atoms with E-state index in [-0.39, 0.29) is 17.2 Å². The first kappa shape index (κ1) is 18.8. The van der Waals surface area contributed by atoms with Crippen molar-refractivity contribution in [2.75, 3.05) is 0 Å². The quantitative estimate of drug-likeness (QED) is 0.693. The van der Waals surface area contributed by atoms with Crippen LogP contribution in [0.2, 0.25) is 5.02 Å². The molecule has 2 fully saturated rings. The Morgan fingerprint density at radius 2 is 2.04 bits per heavy atom. The molecule has 0 aliphatic heterocycles. The number of benzene rings is 1. The largest absolute Gasteiger partial charge is 0.352 e. The SMILES string of the molecule is CC(Sc1n[nH]c(-c2ccc(Cl)cc2)n1)C(=O)NC(C)C1CC2CCC1C2. The summed E-state index contributed by atoms with van der Waals surface area (Å²) in [6.07, 6.45) is 5.36. The Bertz CT molecular complexity index is 809. The maximum Gasteiger partial charge on any atom is 0.233 e. The number of halogens is 1. The number of aromatic amines is 1. The number of carbonyl (C=O) groups is 1. The van der Waals surface area contributed by atoms with E-state index in [1.165, 1.54) is 37.4 Å². The van der Waals surface area contributed by atoms with Gasteiger partial charge in [-0.15, -0.1) is 5.10 Å². The molecule has 7 heteroatoms. The van der Waals surface area contributed by atoms with Gasteiger partial charge in [0.15, 0.2) is 5.82 Å². The minimum Gasteiger partial charge on any atom is -0.352 e. The average molecular weight is 405 g/mol. The number of hydrogen-bond acceptors (Lipinski definition) is 4. The zero-order valence-corrected chi connectivity index (χ0v) is 17.2. The monoisotopic (exact) mass is 404 g/mol. The fraction of sp³-hybridized carbons (Fsp3) is 0.550. The van der Waals surface area contributed by atoms with E-state index >= 15 is 0 Å². The summed E-state index contributed by atoms with van der Waals surface area (Å²) in [5.41, 5.74) is 0.917. The van der Waals surface area contributed by atoms with Crippen molar-refractivity contribution in [1.29, 1.82) is 0 Å². The maximum absolute atomic E-state index is 12.6. The normalized spacial score (nSPS) is 26.1. The van der Waals surface area contributed by atoms with Gasteiger partial charge in [0.2, 0.25) is 11.1 Å². The molecule has 5 nitrogen and oxygen atoms in total. The predicted octanol–water partition coefficient (Wildman–Crippen LogP) is 4.55. The summed E-state index contributed by atoms with van der Waals surface area (Å²) in [4.78, 5) is 17.1. The molecule has 2 N–H and O–H groups in total. The van der Waals surface area contributed by atoms with Crippen LogP contribution in [-0.4, -0.2) is 32.4 Å². The van der Waals surface area contributed by atoms with Gasteiger partial charge in [-0.05, 0) is 75.1 Å². The van der Waals surface area contributed by atoms with Gasteiger partial charge in [-0.2, -0.15) is 0 Å². The summed E-state index contributed by atoms with van der Waals surface area (Å²) < 4.78 is 0. The first-order chi connectivity index (χ1) is 13.0. The Morgan fingerprint density at radius 1 is 1.26 bits per heavy atom. The third-order valence-electron chi connectivity index (χ3n) is 6.04.